The Hall–Kier alpha value is -0.200. The Labute approximate surface area is 158 Å². The van der Waals surface area contributed by atoms with Gasteiger partial charge in [0.15, 0.2) is 5.79 Å². The first-order valence-corrected chi connectivity index (χ1v) is 10.2. The number of hydrogen-bond acceptors (Lipinski definition) is 5. The van der Waals surface area contributed by atoms with Gasteiger partial charge < -0.3 is 14.2 Å². The van der Waals surface area contributed by atoms with Crippen molar-refractivity contribution in [2.24, 2.45) is 16.2 Å². The quantitative estimate of drug-likeness (QED) is 0.567. The van der Waals surface area contributed by atoms with Crippen LogP contribution >= 0.6 is 0 Å². The summed E-state index contributed by atoms with van der Waals surface area (Å²) in [5.74, 6) is -1.73. The zero-order valence-electron chi connectivity index (χ0n) is 17.4. The number of hydrogen-bond donors (Lipinski definition) is 0. The van der Waals surface area contributed by atoms with Crippen molar-refractivity contribution in [1.82, 2.24) is 0 Å². The Morgan fingerprint density at radius 1 is 0.500 bits per heavy atom. The maximum Gasteiger partial charge on any atom is 0.205 e. The molecule has 4 rings (SSSR count). The van der Waals surface area contributed by atoms with E-state index in [0.29, 0.717) is 0 Å². The second-order valence-corrected chi connectivity index (χ2v) is 11.6. The SMILES string of the molecule is CC1(C)COC2(CCC3(CC2)OOC2(CC(C)(C)CC(C)(C)C2)O3)OC1. The Bertz CT molecular complexity index is 529. The largest absolute Gasteiger partial charge is 0.349 e. The Morgan fingerprint density at radius 2 is 0.962 bits per heavy atom. The first-order chi connectivity index (χ1) is 11.9. The average molecular weight is 369 g/mol. The van der Waals surface area contributed by atoms with Crippen molar-refractivity contribution in [2.45, 2.75) is 104 Å². The van der Waals surface area contributed by atoms with E-state index in [1.807, 2.05) is 0 Å². The zero-order chi connectivity index (χ0) is 18.9. The van der Waals surface area contributed by atoms with Crippen LogP contribution in [0.2, 0.25) is 0 Å². The molecule has 4 fully saturated rings. The molecule has 0 atom stereocenters. The van der Waals surface area contributed by atoms with Gasteiger partial charge in [-0.05, 0) is 17.3 Å². The van der Waals surface area contributed by atoms with Gasteiger partial charge in [-0.3, -0.25) is 0 Å². The van der Waals surface area contributed by atoms with Crippen LogP contribution in [0.5, 0.6) is 0 Å². The second kappa shape index (κ2) is 5.66. The summed E-state index contributed by atoms with van der Waals surface area (Å²) in [6.45, 7) is 15.0. The molecule has 2 saturated heterocycles. The van der Waals surface area contributed by atoms with E-state index in [9.17, 15) is 0 Å². The molecule has 2 heterocycles. The van der Waals surface area contributed by atoms with Crippen LogP contribution in [0.15, 0.2) is 0 Å². The summed E-state index contributed by atoms with van der Waals surface area (Å²) >= 11 is 0. The minimum Gasteiger partial charge on any atom is -0.349 e. The van der Waals surface area contributed by atoms with Gasteiger partial charge in [-0.1, -0.05) is 41.5 Å². The van der Waals surface area contributed by atoms with Crippen molar-refractivity contribution >= 4 is 0 Å². The topological polar surface area (TPSA) is 46.2 Å². The van der Waals surface area contributed by atoms with Crippen LogP contribution in [0, 0.1) is 16.2 Å². The van der Waals surface area contributed by atoms with Crippen molar-refractivity contribution in [1.29, 1.82) is 0 Å². The molecule has 4 aliphatic rings. The van der Waals surface area contributed by atoms with Crippen LogP contribution in [-0.2, 0) is 24.0 Å². The van der Waals surface area contributed by atoms with Crippen molar-refractivity contribution in [3.63, 3.8) is 0 Å². The molecule has 5 heteroatoms. The van der Waals surface area contributed by atoms with Crippen LogP contribution in [0.4, 0.5) is 0 Å². The fourth-order valence-electron chi connectivity index (χ4n) is 5.82. The van der Waals surface area contributed by atoms with Crippen LogP contribution in [0.1, 0.15) is 86.5 Å². The third-order valence-electron chi connectivity index (χ3n) is 6.40. The monoisotopic (exact) mass is 368 g/mol. The summed E-state index contributed by atoms with van der Waals surface area (Å²) in [4.78, 5) is 11.9. The van der Waals surface area contributed by atoms with E-state index in [1.165, 1.54) is 6.42 Å². The summed E-state index contributed by atoms with van der Waals surface area (Å²) in [6.07, 6.45) is 5.98. The van der Waals surface area contributed by atoms with Crippen molar-refractivity contribution in [3.8, 4) is 0 Å². The maximum atomic E-state index is 6.61. The molecule has 0 radical (unpaired) electrons. The van der Waals surface area contributed by atoms with Gasteiger partial charge in [0, 0.05) is 43.9 Å². The van der Waals surface area contributed by atoms with Crippen molar-refractivity contribution in [3.05, 3.63) is 0 Å². The standard InChI is InChI=1S/C21H36O5/c1-16(2)11-17(3,4)13-21(12-16)24-20(25-26-21)9-7-19(8-10-20)22-14-18(5,6)15-23-19/h7-15H2,1-6H3. The van der Waals surface area contributed by atoms with E-state index in [0.717, 1.165) is 51.7 Å². The first-order valence-electron chi connectivity index (χ1n) is 10.2. The zero-order valence-corrected chi connectivity index (χ0v) is 17.4. The Kier molecular flexibility index (Phi) is 4.17. The van der Waals surface area contributed by atoms with E-state index >= 15 is 0 Å². The maximum absolute atomic E-state index is 6.61. The van der Waals surface area contributed by atoms with E-state index in [4.69, 9.17) is 24.0 Å². The molecular weight excluding hydrogens is 332 g/mol. The highest BCUT2D eigenvalue weighted by atomic mass is 17.3. The third kappa shape index (κ3) is 3.58. The van der Waals surface area contributed by atoms with E-state index < -0.39 is 17.4 Å². The summed E-state index contributed by atoms with van der Waals surface area (Å²) in [5, 5.41) is 0. The Morgan fingerprint density at radius 3 is 1.50 bits per heavy atom. The highest BCUT2D eigenvalue weighted by Gasteiger charge is 2.61. The molecule has 0 bridgehead atoms. The van der Waals surface area contributed by atoms with Crippen molar-refractivity contribution in [2.75, 3.05) is 13.2 Å². The van der Waals surface area contributed by atoms with Crippen LogP contribution in [0.25, 0.3) is 0 Å². The summed E-state index contributed by atoms with van der Waals surface area (Å²) < 4.78 is 18.9. The molecule has 150 valence electrons. The van der Waals surface area contributed by atoms with Crippen LogP contribution in [-0.4, -0.2) is 30.6 Å². The Balaban J connectivity index is 1.43. The van der Waals surface area contributed by atoms with E-state index in [-0.39, 0.29) is 16.2 Å². The van der Waals surface area contributed by atoms with Gasteiger partial charge in [0.25, 0.3) is 0 Å². The molecule has 3 spiro atoms. The molecule has 0 N–H and O–H groups in total. The van der Waals surface area contributed by atoms with Crippen molar-refractivity contribution < 1.29 is 24.0 Å². The van der Waals surface area contributed by atoms with Gasteiger partial charge in [-0.2, -0.15) is 9.78 Å². The number of ether oxygens (including phenoxy) is 3. The van der Waals surface area contributed by atoms with E-state index in [1.54, 1.807) is 0 Å². The molecule has 0 unspecified atom stereocenters. The van der Waals surface area contributed by atoms with Gasteiger partial charge in [0.2, 0.25) is 11.6 Å². The lowest BCUT2D eigenvalue weighted by Crippen LogP contribution is -2.53. The lowest BCUT2D eigenvalue weighted by atomic mass is 9.63. The molecule has 2 aliphatic carbocycles. The minimum atomic E-state index is -0.644. The molecule has 5 nitrogen and oxygen atoms in total. The van der Waals surface area contributed by atoms with Gasteiger partial charge >= 0.3 is 0 Å². The first kappa shape index (κ1) is 19.1. The summed E-state index contributed by atoms with van der Waals surface area (Å²) in [6, 6.07) is 0. The summed E-state index contributed by atoms with van der Waals surface area (Å²) in [5.41, 5.74) is 0.439. The van der Waals surface area contributed by atoms with Gasteiger partial charge in [-0.25, -0.2) is 0 Å². The van der Waals surface area contributed by atoms with Crippen LogP contribution in [0.3, 0.4) is 0 Å². The average Bonchev–Trinajstić information content (AvgIpc) is 2.80. The minimum absolute atomic E-state index is 0.0905. The predicted octanol–water partition coefficient (Wildman–Crippen LogP) is 4.94. The summed E-state index contributed by atoms with van der Waals surface area (Å²) in [7, 11) is 0. The smallest absolute Gasteiger partial charge is 0.205 e. The van der Waals surface area contributed by atoms with Gasteiger partial charge in [0.1, 0.15) is 0 Å². The highest BCUT2D eigenvalue weighted by Crippen LogP contribution is 2.58. The highest BCUT2D eigenvalue weighted by molar-refractivity contribution is 4.98. The molecule has 26 heavy (non-hydrogen) atoms. The third-order valence-corrected chi connectivity index (χ3v) is 6.40. The predicted molar refractivity (Wildman–Crippen MR) is 97.0 cm³/mol. The second-order valence-electron chi connectivity index (χ2n) is 11.6. The van der Waals surface area contributed by atoms with Gasteiger partial charge in [-0.15, -0.1) is 0 Å². The van der Waals surface area contributed by atoms with E-state index in [2.05, 4.69) is 41.5 Å². The fourth-order valence-corrected chi connectivity index (χ4v) is 5.82. The van der Waals surface area contributed by atoms with Crippen LogP contribution < -0.4 is 0 Å². The lowest BCUT2D eigenvalue weighted by molar-refractivity contribution is -0.380. The fraction of sp³-hybridized carbons (Fsp3) is 1.00. The molecule has 2 saturated carbocycles. The molecule has 0 amide bonds. The molecule has 2 aliphatic heterocycles. The molecule has 0 aromatic carbocycles. The molecule has 0 aromatic rings. The molecule has 0 aromatic heterocycles. The van der Waals surface area contributed by atoms with Gasteiger partial charge in [0.05, 0.1) is 13.2 Å². The normalized spacial score (nSPS) is 35.8. The lowest BCUT2D eigenvalue weighted by Gasteiger charge is -2.50. The molecular formula is C21H36O5. The number of rotatable bonds is 0.